The molecular weight excluding hydrogens is 265 g/mol. The highest BCUT2D eigenvalue weighted by molar-refractivity contribution is 5.78. The van der Waals surface area contributed by atoms with E-state index >= 15 is 0 Å². The van der Waals surface area contributed by atoms with E-state index < -0.39 is 29.3 Å². The number of amides is 1. The predicted octanol–water partition coefficient (Wildman–Crippen LogP) is 2.53. The lowest BCUT2D eigenvalue weighted by molar-refractivity contribution is -0.162. The number of alkyl halides is 1. The number of esters is 1. The van der Waals surface area contributed by atoms with Gasteiger partial charge in [-0.1, -0.05) is 0 Å². The van der Waals surface area contributed by atoms with Gasteiger partial charge in [-0.2, -0.15) is 0 Å². The van der Waals surface area contributed by atoms with Crippen LogP contribution in [-0.4, -0.2) is 48.4 Å². The van der Waals surface area contributed by atoms with Gasteiger partial charge in [-0.25, -0.2) is 9.18 Å². The predicted molar refractivity (Wildman–Crippen MR) is 72.1 cm³/mol. The highest BCUT2D eigenvalue weighted by Gasteiger charge is 2.48. The Hall–Kier alpha value is -1.33. The molecule has 0 aliphatic carbocycles. The van der Waals surface area contributed by atoms with E-state index in [9.17, 15) is 14.0 Å². The molecule has 1 fully saturated rings. The Morgan fingerprint density at radius 2 is 2.00 bits per heavy atom. The van der Waals surface area contributed by atoms with Crippen LogP contribution >= 0.6 is 0 Å². The van der Waals surface area contributed by atoms with Gasteiger partial charge in [0.1, 0.15) is 11.8 Å². The summed E-state index contributed by atoms with van der Waals surface area (Å²) in [6, 6.07) is 0. The van der Waals surface area contributed by atoms with Crippen LogP contribution in [0.1, 0.15) is 41.0 Å². The number of rotatable bonds is 2. The van der Waals surface area contributed by atoms with Gasteiger partial charge in [-0.3, -0.25) is 4.79 Å². The molecule has 116 valence electrons. The molecule has 0 spiro atoms. The van der Waals surface area contributed by atoms with Crippen LogP contribution in [0.2, 0.25) is 0 Å². The number of hydrogen-bond donors (Lipinski definition) is 0. The first-order valence-corrected chi connectivity index (χ1v) is 6.89. The molecule has 20 heavy (non-hydrogen) atoms. The monoisotopic (exact) mass is 289 g/mol. The number of ether oxygens (including phenoxy) is 2. The highest BCUT2D eigenvalue weighted by Crippen LogP contribution is 2.35. The average Bonchev–Trinajstić information content (AvgIpc) is 2.30. The van der Waals surface area contributed by atoms with Crippen LogP contribution in [0.5, 0.6) is 0 Å². The lowest BCUT2D eigenvalue weighted by Gasteiger charge is -2.40. The number of carbonyl (C=O) groups is 2. The zero-order chi connectivity index (χ0) is 15.6. The van der Waals surface area contributed by atoms with Crippen molar-refractivity contribution in [3.63, 3.8) is 0 Å². The summed E-state index contributed by atoms with van der Waals surface area (Å²) in [4.78, 5) is 25.0. The number of piperidine rings is 1. The maximum absolute atomic E-state index is 14.3. The summed E-state index contributed by atoms with van der Waals surface area (Å²) in [5.41, 5.74) is -1.81. The lowest BCUT2D eigenvalue weighted by Crippen LogP contribution is -2.54. The first-order valence-electron chi connectivity index (χ1n) is 6.89. The molecule has 2 unspecified atom stereocenters. The lowest BCUT2D eigenvalue weighted by atomic mass is 9.79. The quantitative estimate of drug-likeness (QED) is 0.733. The Kier molecular flexibility index (Phi) is 5.00. The molecule has 1 amide bonds. The van der Waals surface area contributed by atoms with Crippen molar-refractivity contribution in [2.45, 2.75) is 52.8 Å². The summed E-state index contributed by atoms with van der Waals surface area (Å²) >= 11 is 0. The van der Waals surface area contributed by atoms with Gasteiger partial charge in [-0.15, -0.1) is 0 Å². The van der Waals surface area contributed by atoms with Crippen molar-refractivity contribution in [1.82, 2.24) is 4.90 Å². The number of hydrogen-bond acceptors (Lipinski definition) is 4. The van der Waals surface area contributed by atoms with Crippen LogP contribution in [0, 0.1) is 5.41 Å². The molecule has 1 aliphatic rings. The van der Waals surface area contributed by atoms with Gasteiger partial charge in [-0.05, 0) is 41.0 Å². The minimum Gasteiger partial charge on any atom is -0.465 e. The number of nitrogens with zero attached hydrogens (tertiary/aromatic N) is 1. The van der Waals surface area contributed by atoms with Gasteiger partial charge >= 0.3 is 12.1 Å². The van der Waals surface area contributed by atoms with E-state index in [1.54, 1.807) is 34.6 Å². The zero-order valence-corrected chi connectivity index (χ0v) is 12.9. The summed E-state index contributed by atoms with van der Waals surface area (Å²) < 4.78 is 24.4. The van der Waals surface area contributed by atoms with Crippen molar-refractivity contribution in [3.8, 4) is 0 Å². The summed E-state index contributed by atoms with van der Waals surface area (Å²) in [6.45, 7) is 8.84. The molecule has 0 aromatic rings. The second-order valence-electron chi connectivity index (χ2n) is 6.28. The van der Waals surface area contributed by atoms with Crippen molar-refractivity contribution >= 4 is 12.1 Å². The molecule has 0 aromatic heterocycles. The van der Waals surface area contributed by atoms with Crippen molar-refractivity contribution in [3.05, 3.63) is 0 Å². The van der Waals surface area contributed by atoms with Crippen molar-refractivity contribution in [2.24, 2.45) is 5.41 Å². The molecule has 1 aliphatic heterocycles. The second kappa shape index (κ2) is 5.97. The van der Waals surface area contributed by atoms with Gasteiger partial charge in [0, 0.05) is 6.54 Å². The van der Waals surface area contributed by atoms with E-state index in [-0.39, 0.29) is 26.1 Å². The Morgan fingerprint density at radius 1 is 1.40 bits per heavy atom. The molecule has 0 N–H and O–H groups in total. The fourth-order valence-electron chi connectivity index (χ4n) is 2.03. The van der Waals surface area contributed by atoms with Crippen molar-refractivity contribution < 1.29 is 23.5 Å². The van der Waals surface area contributed by atoms with E-state index in [0.717, 1.165) is 0 Å². The maximum atomic E-state index is 14.3. The third-order valence-electron chi connectivity index (χ3n) is 3.37. The molecule has 5 nitrogen and oxygen atoms in total. The molecule has 0 saturated carbocycles. The molecule has 0 radical (unpaired) electrons. The number of likely N-dealkylation sites (tertiary alicyclic amines) is 1. The topological polar surface area (TPSA) is 55.8 Å². The van der Waals surface area contributed by atoms with E-state index in [1.807, 2.05) is 0 Å². The molecule has 1 saturated heterocycles. The highest BCUT2D eigenvalue weighted by atomic mass is 19.1. The van der Waals surface area contributed by atoms with Crippen LogP contribution in [0.3, 0.4) is 0 Å². The summed E-state index contributed by atoms with van der Waals surface area (Å²) in [7, 11) is 0. The van der Waals surface area contributed by atoms with Crippen molar-refractivity contribution in [1.29, 1.82) is 0 Å². The third-order valence-corrected chi connectivity index (χ3v) is 3.37. The van der Waals surface area contributed by atoms with Crippen LogP contribution in [0.4, 0.5) is 9.18 Å². The van der Waals surface area contributed by atoms with E-state index in [4.69, 9.17) is 9.47 Å². The fourth-order valence-corrected chi connectivity index (χ4v) is 2.03. The average molecular weight is 289 g/mol. The molecule has 0 bridgehead atoms. The van der Waals surface area contributed by atoms with Crippen LogP contribution in [-0.2, 0) is 14.3 Å². The van der Waals surface area contributed by atoms with Gasteiger partial charge in [0.2, 0.25) is 0 Å². The summed E-state index contributed by atoms with van der Waals surface area (Å²) in [5, 5.41) is 0. The largest absolute Gasteiger partial charge is 0.465 e. The SMILES string of the molecule is CCOC(=O)C1(C)CCN(C(=O)OC(C)(C)C)CC1F. The van der Waals surface area contributed by atoms with E-state index in [1.165, 1.54) is 4.90 Å². The molecule has 0 aromatic carbocycles. The Bertz CT molecular complexity index is 380. The first kappa shape index (κ1) is 16.7. The van der Waals surface area contributed by atoms with Gasteiger partial charge < -0.3 is 14.4 Å². The Morgan fingerprint density at radius 3 is 2.45 bits per heavy atom. The number of carbonyl (C=O) groups excluding carboxylic acids is 2. The van der Waals surface area contributed by atoms with Gasteiger partial charge in [0.25, 0.3) is 0 Å². The van der Waals surface area contributed by atoms with Gasteiger partial charge in [0.15, 0.2) is 0 Å². The molecule has 2 atom stereocenters. The Labute approximate surface area is 119 Å². The third kappa shape index (κ3) is 3.84. The normalized spacial score (nSPS) is 27.1. The van der Waals surface area contributed by atoms with Crippen LogP contribution < -0.4 is 0 Å². The smallest absolute Gasteiger partial charge is 0.410 e. The summed E-state index contributed by atoms with van der Waals surface area (Å²) in [6.07, 6.45) is -1.78. The standard InChI is InChI=1S/C14H24FNO4/c1-6-19-11(17)14(5)7-8-16(9-10(14)15)12(18)20-13(2,3)4/h10H,6-9H2,1-5H3. The van der Waals surface area contributed by atoms with Gasteiger partial charge in [0.05, 0.1) is 18.6 Å². The minimum absolute atomic E-state index is 0.149. The number of halogens is 1. The molecule has 1 rings (SSSR count). The second-order valence-corrected chi connectivity index (χ2v) is 6.28. The maximum Gasteiger partial charge on any atom is 0.410 e. The van der Waals surface area contributed by atoms with Crippen LogP contribution in [0.25, 0.3) is 0 Å². The molecular formula is C14H24FNO4. The van der Waals surface area contributed by atoms with Crippen molar-refractivity contribution in [2.75, 3.05) is 19.7 Å². The zero-order valence-electron chi connectivity index (χ0n) is 12.9. The Balaban J connectivity index is 2.68. The minimum atomic E-state index is -1.46. The summed E-state index contributed by atoms with van der Waals surface area (Å²) in [5.74, 6) is -0.545. The first-order chi connectivity index (χ1) is 9.10. The van der Waals surface area contributed by atoms with Crippen LogP contribution in [0.15, 0.2) is 0 Å². The fraction of sp³-hybridized carbons (Fsp3) is 0.857. The molecule has 6 heteroatoms. The molecule has 1 heterocycles. The van der Waals surface area contributed by atoms with E-state index in [2.05, 4.69) is 0 Å². The van der Waals surface area contributed by atoms with E-state index in [0.29, 0.717) is 0 Å².